The summed E-state index contributed by atoms with van der Waals surface area (Å²) in [4.78, 5) is 38.9. The van der Waals surface area contributed by atoms with E-state index in [0.717, 1.165) is 16.7 Å². The van der Waals surface area contributed by atoms with Crippen LogP contribution < -0.4 is 4.90 Å². The van der Waals surface area contributed by atoms with Crippen LogP contribution in [-0.2, 0) is 20.7 Å². The summed E-state index contributed by atoms with van der Waals surface area (Å²) in [5, 5.41) is 0. The molecule has 1 aliphatic heterocycles. The van der Waals surface area contributed by atoms with Gasteiger partial charge in [0.25, 0.3) is 0 Å². The number of ether oxygens (including phenoxy) is 1. The first-order valence-electron chi connectivity index (χ1n) is 9.54. The second kappa shape index (κ2) is 7.97. The Bertz CT molecular complexity index is 896. The summed E-state index contributed by atoms with van der Waals surface area (Å²) >= 11 is 0. The van der Waals surface area contributed by atoms with Crippen LogP contribution in [0.2, 0.25) is 0 Å². The molecule has 0 saturated carbocycles. The summed E-state index contributed by atoms with van der Waals surface area (Å²) in [7, 11) is 0. The molecular weight excluding hydrogens is 354 g/mol. The van der Waals surface area contributed by atoms with E-state index in [4.69, 9.17) is 4.74 Å². The third kappa shape index (κ3) is 3.84. The van der Waals surface area contributed by atoms with Crippen molar-refractivity contribution in [2.75, 3.05) is 11.5 Å². The maximum absolute atomic E-state index is 13.0. The molecule has 0 bridgehead atoms. The molecule has 0 spiro atoms. The molecule has 0 aliphatic carbocycles. The van der Waals surface area contributed by atoms with Gasteiger partial charge in [-0.2, -0.15) is 0 Å². The Morgan fingerprint density at radius 2 is 1.61 bits per heavy atom. The SMILES string of the molecule is CCOC(=O)c1ccc(N2C(=O)C(C)C(Cc3cc(C)cc(C)c3)C2=O)cc1. The van der Waals surface area contributed by atoms with Gasteiger partial charge in [-0.25, -0.2) is 4.79 Å². The number of nitrogens with zero attached hydrogens (tertiary/aromatic N) is 1. The van der Waals surface area contributed by atoms with Gasteiger partial charge in [0.2, 0.25) is 11.8 Å². The lowest BCUT2D eigenvalue weighted by Gasteiger charge is -2.16. The van der Waals surface area contributed by atoms with Gasteiger partial charge in [-0.15, -0.1) is 0 Å². The quantitative estimate of drug-likeness (QED) is 0.585. The van der Waals surface area contributed by atoms with E-state index in [0.29, 0.717) is 24.3 Å². The minimum absolute atomic E-state index is 0.194. The second-order valence-corrected chi connectivity index (χ2v) is 7.37. The second-order valence-electron chi connectivity index (χ2n) is 7.37. The molecule has 1 heterocycles. The predicted octanol–water partition coefficient (Wildman–Crippen LogP) is 3.85. The van der Waals surface area contributed by atoms with Gasteiger partial charge in [-0.3, -0.25) is 14.5 Å². The van der Waals surface area contributed by atoms with Gasteiger partial charge in [-0.05, 0) is 57.0 Å². The minimum atomic E-state index is -0.422. The van der Waals surface area contributed by atoms with Gasteiger partial charge in [0.05, 0.1) is 23.8 Å². The molecule has 3 rings (SSSR count). The lowest BCUT2D eigenvalue weighted by atomic mass is 9.89. The molecule has 2 amide bonds. The van der Waals surface area contributed by atoms with Crippen LogP contribution in [-0.4, -0.2) is 24.4 Å². The summed E-state index contributed by atoms with van der Waals surface area (Å²) in [6.07, 6.45) is 0.533. The highest BCUT2D eigenvalue weighted by atomic mass is 16.5. The van der Waals surface area contributed by atoms with E-state index in [2.05, 4.69) is 18.2 Å². The largest absolute Gasteiger partial charge is 0.462 e. The van der Waals surface area contributed by atoms with Crippen molar-refractivity contribution < 1.29 is 19.1 Å². The van der Waals surface area contributed by atoms with Crippen LogP contribution in [0.25, 0.3) is 0 Å². The zero-order chi connectivity index (χ0) is 20.4. The molecule has 5 heteroatoms. The number of amides is 2. The van der Waals surface area contributed by atoms with Crippen LogP contribution in [0.5, 0.6) is 0 Å². The average Bonchev–Trinajstić information content (AvgIpc) is 2.85. The Balaban J connectivity index is 1.82. The summed E-state index contributed by atoms with van der Waals surface area (Å²) in [6.45, 7) is 7.89. The van der Waals surface area contributed by atoms with Crippen molar-refractivity contribution >= 4 is 23.5 Å². The number of carbonyl (C=O) groups excluding carboxylic acids is 3. The number of aryl methyl sites for hydroxylation is 2. The normalized spacial score (nSPS) is 19.2. The summed E-state index contributed by atoms with van der Waals surface area (Å²) in [5.74, 6) is -1.60. The smallest absolute Gasteiger partial charge is 0.338 e. The molecule has 2 aromatic carbocycles. The van der Waals surface area contributed by atoms with E-state index in [1.54, 1.807) is 38.1 Å². The summed E-state index contributed by atoms with van der Waals surface area (Å²) < 4.78 is 4.97. The molecule has 28 heavy (non-hydrogen) atoms. The highest BCUT2D eigenvalue weighted by Gasteiger charge is 2.45. The van der Waals surface area contributed by atoms with Crippen molar-refractivity contribution in [2.45, 2.75) is 34.1 Å². The molecule has 5 nitrogen and oxygen atoms in total. The molecule has 2 atom stereocenters. The van der Waals surface area contributed by atoms with Crippen LogP contribution in [0.15, 0.2) is 42.5 Å². The summed E-state index contributed by atoms with van der Waals surface area (Å²) in [5.41, 5.74) is 4.23. The Morgan fingerprint density at radius 3 is 2.18 bits per heavy atom. The van der Waals surface area contributed by atoms with Gasteiger partial charge in [0.15, 0.2) is 0 Å². The number of benzene rings is 2. The lowest BCUT2D eigenvalue weighted by Crippen LogP contribution is -2.31. The highest BCUT2D eigenvalue weighted by Crippen LogP contribution is 2.33. The van der Waals surface area contributed by atoms with Crippen LogP contribution in [0.3, 0.4) is 0 Å². The van der Waals surface area contributed by atoms with E-state index < -0.39 is 17.8 Å². The molecular formula is C23H25NO4. The number of carbonyl (C=O) groups is 3. The maximum atomic E-state index is 13.0. The fourth-order valence-electron chi connectivity index (χ4n) is 3.78. The van der Waals surface area contributed by atoms with E-state index in [9.17, 15) is 14.4 Å². The zero-order valence-corrected chi connectivity index (χ0v) is 16.7. The molecule has 0 aromatic heterocycles. The first-order valence-corrected chi connectivity index (χ1v) is 9.54. The zero-order valence-electron chi connectivity index (χ0n) is 16.7. The van der Waals surface area contributed by atoms with Crippen LogP contribution in [0.4, 0.5) is 5.69 Å². The van der Waals surface area contributed by atoms with Gasteiger partial charge in [0, 0.05) is 5.92 Å². The van der Waals surface area contributed by atoms with Crippen LogP contribution in [0, 0.1) is 25.7 Å². The summed E-state index contributed by atoms with van der Waals surface area (Å²) in [6, 6.07) is 12.6. The third-order valence-corrected chi connectivity index (χ3v) is 5.12. The number of imide groups is 1. The van der Waals surface area contributed by atoms with Gasteiger partial charge < -0.3 is 4.74 Å². The van der Waals surface area contributed by atoms with E-state index in [1.807, 2.05) is 13.8 Å². The fraction of sp³-hybridized carbons (Fsp3) is 0.348. The topological polar surface area (TPSA) is 63.7 Å². The van der Waals surface area contributed by atoms with E-state index in [-0.39, 0.29) is 11.8 Å². The van der Waals surface area contributed by atoms with Crippen LogP contribution >= 0.6 is 0 Å². The average molecular weight is 379 g/mol. The monoisotopic (exact) mass is 379 g/mol. The first kappa shape index (κ1) is 19.8. The Hall–Kier alpha value is -2.95. The Kier molecular flexibility index (Phi) is 5.63. The van der Waals surface area contributed by atoms with Crippen LogP contribution in [0.1, 0.15) is 40.9 Å². The number of esters is 1. The maximum Gasteiger partial charge on any atom is 0.338 e. The fourth-order valence-corrected chi connectivity index (χ4v) is 3.78. The van der Waals surface area contributed by atoms with Gasteiger partial charge in [0.1, 0.15) is 0 Å². The van der Waals surface area contributed by atoms with Crippen molar-refractivity contribution in [3.63, 3.8) is 0 Å². The van der Waals surface area contributed by atoms with Crippen molar-refractivity contribution in [3.05, 3.63) is 64.7 Å². The molecule has 1 saturated heterocycles. The van der Waals surface area contributed by atoms with Crippen molar-refractivity contribution in [3.8, 4) is 0 Å². The van der Waals surface area contributed by atoms with Gasteiger partial charge in [-0.1, -0.05) is 36.2 Å². The molecule has 146 valence electrons. The van der Waals surface area contributed by atoms with Crippen molar-refractivity contribution in [2.24, 2.45) is 11.8 Å². The van der Waals surface area contributed by atoms with E-state index >= 15 is 0 Å². The number of anilines is 1. The Labute approximate surface area is 165 Å². The molecule has 0 radical (unpaired) electrons. The standard InChI is InChI=1S/C23H25NO4/c1-5-28-23(27)18-6-8-19(9-7-18)24-21(25)16(4)20(22(24)26)13-17-11-14(2)10-15(3)12-17/h6-12,16,20H,5,13H2,1-4H3. The third-order valence-electron chi connectivity index (χ3n) is 5.12. The minimum Gasteiger partial charge on any atom is -0.462 e. The van der Waals surface area contributed by atoms with Crippen molar-refractivity contribution in [1.29, 1.82) is 0 Å². The molecule has 1 aliphatic rings. The predicted molar refractivity (Wildman–Crippen MR) is 107 cm³/mol. The highest BCUT2D eigenvalue weighted by molar-refractivity contribution is 6.22. The molecule has 2 unspecified atom stereocenters. The Morgan fingerprint density at radius 1 is 1.00 bits per heavy atom. The number of hydrogen-bond donors (Lipinski definition) is 0. The first-order chi connectivity index (χ1) is 13.3. The molecule has 0 N–H and O–H groups in total. The van der Waals surface area contributed by atoms with E-state index in [1.165, 1.54) is 4.90 Å². The lowest BCUT2D eigenvalue weighted by molar-refractivity contribution is -0.122. The number of rotatable bonds is 5. The molecule has 1 fully saturated rings. The molecule has 2 aromatic rings. The van der Waals surface area contributed by atoms with Gasteiger partial charge >= 0.3 is 5.97 Å². The van der Waals surface area contributed by atoms with Crippen molar-refractivity contribution in [1.82, 2.24) is 0 Å². The number of hydrogen-bond acceptors (Lipinski definition) is 4.